The van der Waals surface area contributed by atoms with Crippen molar-refractivity contribution in [3.63, 3.8) is 0 Å². The summed E-state index contributed by atoms with van der Waals surface area (Å²) in [6.45, 7) is 4.74. The second-order valence-corrected chi connectivity index (χ2v) is 6.63. The van der Waals surface area contributed by atoms with Crippen LogP contribution in [0, 0.1) is 6.92 Å². The Bertz CT molecular complexity index is 898. The van der Waals surface area contributed by atoms with E-state index in [9.17, 15) is 4.79 Å². The smallest absolute Gasteiger partial charge is 0.222 e. The Balaban J connectivity index is 1.82. The number of nitrogens with one attached hydrogen (secondary N) is 2. The molecule has 0 aliphatic carbocycles. The minimum Gasteiger partial charge on any atom is -0.497 e. The van der Waals surface area contributed by atoms with Gasteiger partial charge in [-0.2, -0.15) is 0 Å². The molecule has 0 fully saturated rings. The molecule has 3 aromatic rings. The molecule has 4 heteroatoms. The first-order chi connectivity index (χ1) is 12.0. The average Bonchev–Trinajstić information content (AvgIpc) is 2.96. The largest absolute Gasteiger partial charge is 0.497 e. The fourth-order valence-electron chi connectivity index (χ4n) is 3.29. The van der Waals surface area contributed by atoms with Crippen LogP contribution >= 0.6 is 0 Å². The number of benzene rings is 2. The molecule has 1 unspecified atom stereocenters. The van der Waals surface area contributed by atoms with E-state index < -0.39 is 0 Å². The monoisotopic (exact) mass is 337 g/mol. The molecule has 0 aliphatic heterocycles. The van der Waals surface area contributed by atoms with Gasteiger partial charge in [0.1, 0.15) is 18.3 Å². The number of fused-ring (bicyclic) bond motifs is 1. The highest BCUT2D eigenvalue weighted by Crippen LogP contribution is 2.23. The van der Waals surface area contributed by atoms with Gasteiger partial charge in [0.2, 0.25) is 5.78 Å². The second-order valence-electron chi connectivity index (χ2n) is 6.63. The predicted octanol–water partition coefficient (Wildman–Crippen LogP) is 2.77. The lowest BCUT2D eigenvalue weighted by Gasteiger charge is -2.21. The van der Waals surface area contributed by atoms with Gasteiger partial charge in [0.15, 0.2) is 0 Å². The van der Waals surface area contributed by atoms with E-state index in [1.165, 1.54) is 0 Å². The summed E-state index contributed by atoms with van der Waals surface area (Å²) < 4.78 is 5.29. The van der Waals surface area contributed by atoms with Crippen molar-refractivity contribution in [2.45, 2.75) is 26.4 Å². The molecular weight excluding hydrogens is 312 g/mol. The van der Waals surface area contributed by atoms with Gasteiger partial charge in [-0.05, 0) is 32.0 Å². The van der Waals surface area contributed by atoms with Crippen LogP contribution in [0.1, 0.15) is 28.5 Å². The van der Waals surface area contributed by atoms with E-state index in [4.69, 9.17) is 4.74 Å². The lowest BCUT2D eigenvalue weighted by Crippen LogP contribution is -3.12. The molecule has 1 heterocycles. The maximum Gasteiger partial charge on any atom is 0.222 e. The number of likely N-dealkylation sites (N-methyl/N-ethyl adjacent to an activating group) is 1. The van der Waals surface area contributed by atoms with Gasteiger partial charge in [-0.1, -0.05) is 30.3 Å². The number of aromatic amines is 1. The summed E-state index contributed by atoms with van der Waals surface area (Å²) in [5.41, 5.74) is 3.92. The average molecular weight is 337 g/mol. The van der Waals surface area contributed by atoms with Crippen molar-refractivity contribution < 1.29 is 14.4 Å². The van der Waals surface area contributed by atoms with Crippen molar-refractivity contribution in [3.8, 4) is 5.75 Å². The third-order valence-electron chi connectivity index (χ3n) is 4.89. The molecule has 2 N–H and O–H groups in total. The number of hydrogen-bond donors (Lipinski definition) is 2. The number of methoxy groups -OCH3 is 1. The standard InChI is InChI=1S/C21H24N2O2/c1-14-20(18-10-5-6-11-19(18)22-14)21(24)15(2)23(3)13-16-8-7-9-17(12-16)25-4/h5-12,15,22H,13H2,1-4H3/p+1/t15-/m0/s1. The molecular formula is C21H25N2O2+. The molecule has 0 bridgehead atoms. The molecule has 0 saturated carbocycles. The third-order valence-corrected chi connectivity index (χ3v) is 4.89. The number of aromatic nitrogens is 1. The summed E-state index contributed by atoms with van der Waals surface area (Å²) in [6, 6.07) is 15.9. The van der Waals surface area contributed by atoms with E-state index in [0.29, 0.717) is 0 Å². The summed E-state index contributed by atoms with van der Waals surface area (Å²) in [6.07, 6.45) is 0. The van der Waals surface area contributed by atoms with Crippen molar-refractivity contribution in [2.24, 2.45) is 0 Å². The predicted molar refractivity (Wildman–Crippen MR) is 100 cm³/mol. The van der Waals surface area contributed by atoms with Crippen LogP contribution in [0.4, 0.5) is 0 Å². The molecule has 3 rings (SSSR count). The number of quaternary nitrogens is 1. The summed E-state index contributed by atoms with van der Waals surface area (Å²) in [4.78, 5) is 17.6. The van der Waals surface area contributed by atoms with Gasteiger partial charge in [-0.25, -0.2) is 0 Å². The van der Waals surface area contributed by atoms with E-state index in [-0.39, 0.29) is 11.8 Å². The third kappa shape index (κ3) is 3.44. The number of aryl methyl sites for hydroxylation is 1. The highest BCUT2D eigenvalue weighted by Gasteiger charge is 2.27. The minimum absolute atomic E-state index is 0.135. The zero-order valence-electron chi connectivity index (χ0n) is 15.2. The number of rotatable bonds is 6. The maximum atomic E-state index is 13.1. The SMILES string of the molecule is COc1cccc(C[NH+](C)[C@@H](C)C(=O)c2c(C)[nH]c3ccccc23)c1. The zero-order chi connectivity index (χ0) is 18.0. The number of carbonyl (C=O) groups is 1. The number of carbonyl (C=O) groups excluding carboxylic acids is 1. The molecule has 4 nitrogen and oxygen atoms in total. The number of ether oxygens (including phenoxy) is 1. The van der Waals surface area contributed by atoms with Crippen LogP contribution in [0.25, 0.3) is 10.9 Å². The van der Waals surface area contributed by atoms with Crippen LogP contribution in [0.15, 0.2) is 48.5 Å². The minimum atomic E-state index is -0.135. The van der Waals surface area contributed by atoms with Crippen LogP contribution in [0.2, 0.25) is 0 Å². The van der Waals surface area contributed by atoms with Crippen molar-refractivity contribution in [3.05, 3.63) is 65.4 Å². The fourth-order valence-corrected chi connectivity index (χ4v) is 3.29. The van der Waals surface area contributed by atoms with Crippen molar-refractivity contribution in [2.75, 3.05) is 14.2 Å². The molecule has 0 radical (unpaired) electrons. The van der Waals surface area contributed by atoms with E-state index in [0.717, 1.165) is 44.9 Å². The zero-order valence-corrected chi connectivity index (χ0v) is 15.2. The van der Waals surface area contributed by atoms with E-state index in [2.05, 4.69) is 18.1 Å². The highest BCUT2D eigenvalue weighted by molar-refractivity contribution is 6.10. The van der Waals surface area contributed by atoms with E-state index >= 15 is 0 Å². The second kappa shape index (κ2) is 7.11. The van der Waals surface area contributed by atoms with Gasteiger partial charge in [-0.15, -0.1) is 0 Å². The molecule has 2 aromatic carbocycles. The Hall–Kier alpha value is -2.59. The Labute approximate surface area is 148 Å². The molecule has 0 aliphatic rings. The van der Waals surface area contributed by atoms with Gasteiger partial charge >= 0.3 is 0 Å². The Morgan fingerprint density at radius 3 is 2.72 bits per heavy atom. The van der Waals surface area contributed by atoms with Gasteiger partial charge in [0.25, 0.3) is 0 Å². The topological polar surface area (TPSA) is 46.5 Å². The van der Waals surface area contributed by atoms with E-state index in [1.807, 2.05) is 56.3 Å². The lowest BCUT2D eigenvalue weighted by atomic mass is 10.0. The summed E-state index contributed by atoms with van der Waals surface area (Å²) >= 11 is 0. The lowest BCUT2D eigenvalue weighted by molar-refractivity contribution is -0.907. The van der Waals surface area contributed by atoms with Crippen LogP contribution in [0.3, 0.4) is 0 Å². The van der Waals surface area contributed by atoms with Crippen LogP contribution in [-0.2, 0) is 6.54 Å². The normalized spacial score (nSPS) is 13.6. The van der Waals surface area contributed by atoms with Crippen molar-refractivity contribution in [1.82, 2.24) is 4.98 Å². The van der Waals surface area contributed by atoms with E-state index in [1.54, 1.807) is 7.11 Å². The maximum absolute atomic E-state index is 13.1. The number of H-pyrrole nitrogens is 1. The van der Waals surface area contributed by atoms with Gasteiger partial charge in [0, 0.05) is 22.2 Å². The van der Waals surface area contributed by atoms with Crippen LogP contribution in [-0.4, -0.2) is 31.0 Å². The number of ketones is 1. The van der Waals surface area contributed by atoms with Gasteiger partial charge < -0.3 is 14.6 Å². The summed E-state index contributed by atoms with van der Waals surface area (Å²) in [5.74, 6) is 1.02. The molecule has 25 heavy (non-hydrogen) atoms. The quantitative estimate of drug-likeness (QED) is 0.680. The Morgan fingerprint density at radius 2 is 1.96 bits per heavy atom. The molecule has 2 atom stereocenters. The Morgan fingerprint density at radius 1 is 1.20 bits per heavy atom. The number of hydrogen-bond acceptors (Lipinski definition) is 2. The number of para-hydroxylation sites is 1. The molecule has 0 saturated heterocycles. The summed E-state index contributed by atoms with van der Waals surface area (Å²) in [5, 5.41) is 1.01. The van der Waals surface area contributed by atoms with Gasteiger partial charge in [-0.3, -0.25) is 4.79 Å². The van der Waals surface area contributed by atoms with Crippen molar-refractivity contribution >= 4 is 16.7 Å². The van der Waals surface area contributed by atoms with Crippen LogP contribution in [0.5, 0.6) is 5.75 Å². The molecule has 1 aromatic heterocycles. The first kappa shape index (κ1) is 17.2. The number of Topliss-reactive ketones (excluding diaryl/α,β-unsaturated/α-hetero) is 1. The highest BCUT2D eigenvalue weighted by atomic mass is 16.5. The van der Waals surface area contributed by atoms with Crippen LogP contribution < -0.4 is 9.64 Å². The summed E-state index contributed by atoms with van der Waals surface area (Å²) in [7, 11) is 3.73. The first-order valence-electron chi connectivity index (χ1n) is 8.58. The van der Waals surface area contributed by atoms with Crippen molar-refractivity contribution in [1.29, 1.82) is 0 Å². The van der Waals surface area contributed by atoms with Gasteiger partial charge in [0.05, 0.1) is 19.7 Å². The first-order valence-corrected chi connectivity index (χ1v) is 8.58. The molecule has 130 valence electrons. The Kier molecular flexibility index (Phi) is 4.91. The fraction of sp³-hybridized carbons (Fsp3) is 0.286. The molecule has 0 amide bonds. The molecule has 0 spiro atoms.